The Hall–Kier alpha value is -1.57. The molecule has 3 N–H and O–H groups in total. The van der Waals surface area contributed by atoms with Crippen molar-refractivity contribution in [3.63, 3.8) is 0 Å². The van der Waals surface area contributed by atoms with E-state index in [0.717, 1.165) is 0 Å². The Balaban J connectivity index is 2.19. The first kappa shape index (κ1) is 13.9. The van der Waals surface area contributed by atoms with Crippen LogP contribution < -0.4 is 16.2 Å². The van der Waals surface area contributed by atoms with Crippen LogP contribution in [0.5, 0.6) is 0 Å². The molecule has 19 heavy (non-hydrogen) atoms. The van der Waals surface area contributed by atoms with Crippen LogP contribution in [0.1, 0.15) is 18.7 Å². The number of aromatic nitrogens is 2. The van der Waals surface area contributed by atoms with E-state index in [4.69, 9.17) is 5.84 Å². The van der Waals surface area contributed by atoms with Gasteiger partial charge in [-0.1, -0.05) is 0 Å². The van der Waals surface area contributed by atoms with Crippen LogP contribution in [-0.4, -0.2) is 29.2 Å². The molecule has 0 bridgehead atoms. The van der Waals surface area contributed by atoms with E-state index in [-0.39, 0.29) is 13.0 Å². The molecular weight excluding hydrogens is 259 g/mol. The number of hydrogen-bond acceptors (Lipinski definition) is 5. The van der Waals surface area contributed by atoms with Gasteiger partial charge in [-0.15, -0.1) is 0 Å². The number of nitrogens with zero attached hydrogens (tertiary/aromatic N) is 3. The fourth-order valence-electron chi connectivity index (χ4n) is 2.24. The summed E-state index contributed by atoms with van der Waals surface area (Å²) >= 11 is 0. The van der Waals surface area contributed by atoms with Gasteiger partial charge in [-0.3, -0.25) is 0 Å². The van der Waals surface area contributed by atoms with Crippen LogP contribution in [0.4, 0.5) is 24.8 Å². The summed E-state index contributed by atoms with van der Waals surface area (Å²) in [6.45, 7) is 2.17. The number of aryl methyl sites for hydroxylation is 1. The standard InChI is InChI=1S/C11H16F3N5/c1-7-16-9(18-15)5-10(17-7)19-4-2-3-8(6-19)11(12,13)14/h5,8H,2-4,6,15H2,1H3,(H,16,17,18). The Morgan fingerprint density at radius 3 is 2.79 bits per heavy atom. The van der Waals surface area contributed by atoms with Gasteiger partial charge in [0.05, 0.1) is 5.92 Å². The van der Waals surface area contributed by atoms with E-state index in [9.17, 15) is 13.2 Å². The molecule has 1 saturated heterocycles. The van der Waals surface area contributed by atoms with Gasteiger partial charge < -0.3 is 10.3 Å². The van der Waals surface area contributed by atoms with Crippen molar-refractivity contribution in [2.24, 2.45) is 11.8 Å². The zero-order chi connectivity index (χ0) is 14.0. The minimum atomic E-state index is -4.16. The summed E-state index contributed by atoms with van der Waals surface area (Å²) < 4.78 is 38.3. The predicted molar refractivity (Wildman–Crippen MR) is 65.6 cm³/mol. The number of hydrazine groups is 1. The normalized spacial score (nSPS) is 20.5. The van der Waals surface area contributed by atoms with Crippen molar-refractivity contribution in [1.82, 2.24) is 9.97 Å². The molecule has 0 saturated carbocycles. The number of alkyl halides is 3. The maximum Gasteiger partial charge on any atom is 0.393 e. The van der Waals surface area contributed by atoms with Crippen LogP contribution in [-0.2, 0) is 0 Å². The van der Waals surface area contributed by atoms with E-state index in [2.05, 4.69) is 15.4 Å². The summed E-state index contributed by atoms with van der Waals surface area (Å²) in [5.41, 5.74) is 2.39. The van der Waals surface area contributed by atoms with Crippen molar-refractivity contribution in [3.05, 3.63) is 11.9 Å². The SMILES string of the molecule is Cc1nc(NN)cc(N2CCCC(C(F)(F)F)C2)n1. The van der Waals surface area contributed by atoms with Crippen molar-refractivity contribution in [1.29, 1.82) is 0 Å². The molecule has 1 aliphatic rings. The summed E-state index contributed by atoms with van der Waals surface area (Å²) in [5.74, 6) is 5.33. The molecule has 1 aromatic heterocycles. The third-order valence-electron chi connectivity index (χ3n) is 3.18. The number of nitrogens with one attached hydrogen (secondary N) is 1. The average molecular weight is 275 g/mol. The lowest BCUT2D eigenvalue weighted by atomic mass is 9.97. The van der Waals surface area contributed by atoms with Crippen LogP contribution in [0, 0.1) is 12.8 Å². The Labute approximate surface area is 109 Å². The smallest absolute Gasteiger partial charge is 0.356 e. The number of nitrogens with two attached hydrogens (primary N) is 1. The molecule has 2 heterocycles. The second-order valence-corrected chi connectivity index (χ2v) is 4.63. The summed E-state index contributed by atoms with van der Waals surface area (Å²) in [7, 11) is 0. The zero-order valence-electron chi connectivity index (χ0n) is 10.5. The molecular formula is C11H16F3N5. The van der Waals surface area contributed by atoms with E-state index in [1.54, 1.807) is 17.9 Å². The second-order valence-electron chi connectivity index (χ2n) is 4.63. The third kappa shape index (κ3) is 3.25. The molecule has 1 atom stereocenters. The Morgan fingerprint density at radius 2 is 2.16 bits per heavy atom. The molecule has 1 unspecified atom stereocenters. The van der Waals surface area contributed by atoms with E-state index >= 15 is 0 Å². The van der Waals surface area contributed by atoms with Gasteiger partial charge in [0.1, 0.15) is 17.5 Å². The first-order chi connectivity index (χ1) is 8.90. The van der Waals surface area contributed by atoms with Crippen LogP contribution in [0.3, 0.4) is 0 Å². The first-order valence-electron chi connectivity index (χ1n) is 6.04. The van der Waals surface area contributed by atoms with Gasteiger partial charge in [-0.2, -0.15) is 13.2 Å². The highest BCUT2D eigenvalue weighted by Crippen LogP contribution is 2.34. The van der Waals surface area contributed by atoms with Gasteiger partial charge in [0, 0.05) is 19.2 Å². The molecule has 0 aliphatic carbocycles. The Kier molecular flexibility index (Phi) is 3.79. The fraction of sp³-hybridized carbons (Fsp3) is 0.636. The van der Waals surface area contributed by atoms with Crippen LogP contribution >= 0.6 is 0 Å². The Morgan fingerprint density at radius 1 is 1.42 bits per heavy atom. The van der Waals surface area contributed by atoms with Crippen molar-refractivity contribution in [2.45, 2.75) is 25.9 Å². The highest BCUT2D eigenvalue weighted by atomic mass is 19.4. The molecule has 1 aliphatic heterocycles. The number of anilines is 2. The van der Waals surface area contributed by atoms with Crippen LogP contribution in [0.15, 0.2) is 6.07 Å². The van der Waals surface area contributed by atoms with Crippen LogP contribution in [0.2, 0.25) is 0 Å². The largest absolute Gasteiger partial charge is 0.393 e. The summed E-state index contributed by atoms with van der Waals surface area (Å²) in [4.78, 5) is 9.83. The summed E-state index contributed by atoms with van der Waals surface area (Å²) in [6.07, 6.45) is -3.49. The van der Waals surface area contributed by atoms with Crippen molar-refractivity contribution in [2.75, 3.05) is 23.4 Å². The molecule has 0 amide bonds. The van der Waals surface area contributed by atoms with Crippen LogP contribution in [0.25, 0.3) is 0 Å². The maximum absolute atomic E-state index is 12.8. The molecule has 1 fully saturated rings. The average Bonchev–Trinajstić information content (AvgIpc) is 2.37. The molecule has 0 aromatic carbocycles. The number of halogens is 3. The lowest BCUT2D eigenvalue weighted by Crippen LogP contribution is -2.42. The Bertz CT molecular complexity index is 448. The van der Waals surface area contributed by atoms with Gasteiger partial charge in [0.15, 0.2) is 0 Å². The van der Waals surface area contributed by atoms with Gasteiger partial charge in [0.2, 0.25) is 0 Å². The molecule has 8 heteroatoms. The minimum absolute atomic E-state index is 0.0655. The number of rotatable bonds is 2. The van der Waals surface area contributed by atoms with E-state index in [0.29, 0.717) is 30.4 Å². The lowest BCUT2D eigenvalue weighted by molar-refractivity contribution is -0.176. The molecule has 2 rings (SSSR count). The van der Waals surface area contributed by atoms with E-state index < -0.39 is 12.1 Å². The number of nitrogen functional groups attached to an aromatic ring is 1. The van der Waals surface area contributed by atoms with Crippen molar-refractivity contribution in [3.8, 4) is 0 Å². The first-order valence-corrected chi connectivity index (χ1v) is 6.04. The van der Waals surface area contributed by atoms with Gasteiger partial charge >= 0.3 is 6.18 Å². The maximum atomic E-state index is 12.8. The molecule has 106 valence electrons. The van der Waals surface area contributed by atoms with Gasteiger partial charge in [-0.25, -0.2) is 15.8 Å². The monoisotopic (exact) mass is 275 g/mol. The third-order valence-corrected chi connectivity index (χ3v) is 3.18. The van der Waals surface area contributed by atoms with E-state index in [1.165, 1.54) is 0 Å². The molecule has 5 nitrogen and oxygen atoms in total. The van der Waals surface area contributed by atoms with Gasteiger partial charge in [0.25, 0.3) is 0 Å². The molecule has 1 aromatic rings. The minimum Gasteiger partial charge on any atom is -0.356 e. The summed E-state index contributed by atoms with van der Waals surface area (Å²) in [6, 6.07) is 1.56. The highest BCUT2D eigenvalue weighted by molar-refractivity contribution is 5.49. The highest BCUT2D eigenvalue weighted by Gasteiger charge is 2.42. The van der Waals surface area contributed by atoms with Crippen molar-refractivity contribution < 1.29 is 13.2 Å². The summed E-state index contributed by atoms with van der Waals surface area (Å²) in [5, 5.41) is 0. The van der Waals surface area contributed by atoms with Gasteiger partial charge in [-0.05, 0) is 19.8 Å². The fourth-order valence-corrected chi connectivity index (χ4v) is 2.24. The second kappa shape index (κ2) is 5.20. The number of hydrogen-bond donors (Lipinski definition) is 2. The zero-order valence-corrected chi connectivity index (χ0v) is 10.5. The predicted octanol–water partition coefficient (Wildman–Crippen LogP) is 1.85. The topological polar surface area (TPSA) is 67.1 Å². The lowest BCUT2D eigenvalue weighted by Gasteiger charge is -2.34. The van der Waals surface area contributed by atoms with Crippen molar-refractivity contribution >= 4 is 11.6 Å². The number of piperidine rings is 1. The molecule has 0 radical (unpaired) electrons. The molecule has 0 spiro atoms. The van der Waals surface area contributed by atoms with E-state index in [1.807, 2.05) is 0 Å². The quantitative estimate of drug-likeness (QED) is 0.637.